The maximum Gasteiger partial charge on any atom is 0.415 e. The van der Waals surface area contributed by atoms with Crippen LogP contribution in [0.3, 0.4) is 0 Å². The first-order valence-electron chi connectivity index (χ1n) is 5.97. The standard InChI is InChI=1S/C12H20N3O2/c1-10-4-5-14(8-11(10)17-3)12(16)15-7-6-13(2)9-15/h6-7,9-11H,4-5,8H2,1-3H3/q+1. The molecule has 0 N–H and O–H groups in total. The van der Waals surface area contributed by atoms with Crippen molar-refractivity contribution < 1.29 is 14.1 Å². The zero-order chi connectivity index (χ0) is 12.4. The highest BCUT2D eigenvalue weighted by molar-refractivity contribution is 5.76. The van der Waals surface area contributed by atoms with E-state index in [1.165, 1.54) is 0 Å². The molecule has 0 aliphatic carbocycles. The average Bonchev–Trinajstić information content (AvgIpc) is 2.75. The first-order chi connectivity index (χ1) is 8.11. The summed E-state index contributed by atoms with van der Waals surface area (Å²) >= 11 is 0. The molecule has 2 atom stereocenters. The monoisotopic (exact) mass is 238 g/mol. The van der Waals surface area contributed by atoms with Crippen molar-refractivity contribution in [3.8, 4) is 0 Å². The van der Waals surface area contributed by atoms with Gasteiger partial charge in [0, 0.05) is 13.7 Å². The first-order valence-corrected chi connectivity index (χ1v) is 5.97. The van der Waals surface area contributed by atoms with Crippen LogP contribution < -0.4 is 4.57 Å². The zero-order valence-electron chi connectivity index (χ0n) is 10.7. The summed E-state index contributed by atoms with van der Waals surface area (Å²) in [6.07, 6.45) is 6.57. The van der Waals surface area contributed by atoms with Crippen molar-refractivity contribution in [3.63, 3.8) is 0 Å². The lowest BCUT2D eigenvalue weighted by Crippen LogP contribution is -2.48. The number of hydrogen-bond donors (Lipinski definition) is 0. The van der Waals surface area contributed by atoms with Crippen LogP contribution in [-0.4, -0.2) is 41.8 Å². The van der Waals surface area contributed by atoms with E-state index in [1.807, 2.05) is 22.7 Å². The smallest absolute Gasteiger partial charge is 0.379 e. The number of aryl methyl sites for hydroxylation is 1. The van der Waals surface area contributed by atoms with Gasteiger partial charge in [0.15, 0.2) is 0 Å². The molecule has 0 saturated carbocycles. The van der Waals surface area contributed by atoms with E-state index in [1.54, 1.807) is 24.2 Å². The van der Waals surface area contributed by atoms with Crippen molar-refractivity contribution in [2.45, 2.75) is 19.4 Å². The van der Waals surface area contributed by atoms with Crippen LogP contribution in [0.1, 0.15) is 13.3 Å². The van der Waals surface area contributed by atoms with Gasteiger partial charge in [0.05, 0.1) is 19.7 Å². The molecule has 0 bridgehead atoms. The predicted molar refractivity (Wildman–Crippen MR) is 62.6 cm³/mol. The fourth-order valence-corrected chi connectivity index (χ4v) is 2.24. The summed E-state index contributed by atoms with van der Waals surface area (Å²) < 4.78 is 8.89. The Morgan fingerprint density at radius 1 is 1.53 bits per heavy atom. The lowest BCUT2D eigenvalue weighted by molar-refractivity contribution is -0.670. The topological polar surface area (TPSA) is 38.4 Å². The molecule has 94 valence electrons. The summed E-state index contributed by atoms with van der Waals surface area (Å²) in [5, 5.41) is 0. The highest BCUT2D eigenvalue weighted by atomic mass is 16.5. The Morgan fingerprint density at radius 2 is 2.29 bits per heavy atom. The maximum atomic E-state index is 12.2. The molecule has 0 radical (unpaired) electrons. The Labute approximate surface area is 102 Å². The van der Waals surface area contributed by atoms with Gasteiger partial charge in [-0.1, -0.05) is 6.92 Å². The average molecular weight is 238 g/mol. The fraction of sp³-hybridized carbons (Fsp3) is 0.667. The van der Waals surface area contributed by atoms with Gasteiger partial charge in [0.1, 0.15) is 12.4 Å². The van der Waals surface area contributed by atoms with Crippen LogP contribution in [0.15, 0.2) is 18.7 Å². The number of nitrogens with zero attached hydrogens (tertiary/aromatic N) is 3. The number of likely N-dealkylation sites (tertiary alicyclic amines) is 1. The second-order valence-corrected chi connectivity index (χ2v) is 4.76. The number of amides is 1. The predicted octanol–water partition coefficient (Wildman–Crippen LogP) is 0.638. The second-order valence-electron chi connectivity index (χ2n) is 4.76. The van der Waals surface area contributed by atoms with Crippen molar-refractivity contribution in [1.29, 1.82) is 0 Å². The number of piperidine rings is 1. The molecule has 0 spiro atoms. The molecule has 2 rings (SSSR count). The number of imidazole rings is 1. The zero-order valence-corrected chi connectivity index (χ0v) is 10.7. The van der Waals surface area contributed by atoms with Crippen LogP contribution in [0.5, 0.6) is 0 Å². The SMILES string of the molecule is COC1CN(C(=O)n2cc[n+](C)c2)CCC1C. The summed E-state index contributed by atoms with van der Waals surface area (Å²) in [4.78, 5) is 14.1. The van der Waals surface area contributed by atoms with Crippen LogP contribution >= 0.6 is 0 Å². The third-order valence-electron chi connectivity index (χ3n) is 3.45. The summed E-state index contributed by atoms with van der Waals surface area (Å²) in [5.74, 6) is 0.518. The highest BCUT2D eigenvalue weighted by Crippen LogP contribution is 2.19. The maximum absolute atomic E-state index is 12.2. The van der Waals surface area contributed by atoms with Crippen molar-refractivity contribution in [3.05, 3.63) is 18.7 Å². The Morgan fingerprint density at radius 3 is 2.88 bits per heavy atom. The number of rotatable bonds is 1. The van der Waals surface area contributed by atoms with E-state index in [9.17, 15) is 4.79 Å². The van der Waals surface area contributed by atoms with E-state index in [4.69, 9.17) is 4.74 Å². The molecule has 1 aromatic rings. The van der Waals surface area contributed by atoms with Crippen LogP contribution in [0, 0.1) is 5.92 Å². The largest absolute Gasteiger partial charge is 0.415 e. The van der Waals surface area contributed by atoms with E-state index in [0.717, 1.165) is 13.0 Å². The molecule has 2 heterocycles. The van der Waals surface area contributed by atoms with E-state index >= 15 is 0 Å². The van der Waals surface area contributed by atoms with Crippen LogP contribution in [0.4, 0.5) is 4.79 Å². The van der Waals surface area contributed by atoms with Crippen molar-refractivity contribution >= 4 is 6.03 Å². The molecule has 1 aromatic heterocycles. The Kier molecular flexibility index (Phi) is 3.47. The third kappa shape index (κ3) is 2.49. The van der Waals surface area contributed by atoms with Gasteiger partial charge in [-0.2, -0.15) is 4.57 Å². The first kappa shape index (κ1) is 12.1. The number of methoxy groups -OCH3 is 1. The Balaban J connectivity index is 2.05. The number of ether oxygens (including phenoxy) is 1. The minimum atomic E-state index is 0.0274. The summed E-state index contributed by atoms with van der Waals surface area (Å²) in [5.41, 5.74) is 0. The van der Waals surface area contributed by atoms with Gasteiger partial charge in [0.25, 0.3) is 6.33 Å². The third-order valence-corrected chi connectivity index (χ3v) is 3.45. The normalized spacial score (nSPS) is 25.0. The van der Waals surface area contributed by atoms with Crippen molar-refractivity contribution in [2.75, 3.05) is 20.2 Å². The molecule has 5 nitrogen and oxygen atoms in total. The molecule has 1 aliphatic heterocycles. The van der Waals surface area contributed by atoms with Crippen LogP contribution in [0.2, 0.25) is 0 Å². The molecule has 1 saturated heterocycles. The molecule has 17 heavy (non-hydrogen) atoms. The molecule has 1 amide bonds. The molecule has 5 heteroatoms. The Bertz CT molecular complexity index is 402. The molecule has 1 aliphatic rings. The highest BCUT2D eigenvalue weighted by Gasteiger charge is 2.31. The van der Waals surface area contributed by atoms with Gasteiger partial charge in [-0.25, -0.2) is 9.36 Å². The molecular weight excluding hydrogens is 218 g/mol. The second kappa shape index (κ2) is 4.87. The van der Waals surface area contributed by atoms with Gasteiger partial charge in [-0.05, 0) is 12.3 Å². The number of carbonyl (C=O) groups is 1. The van der Waals surface area contributed by atoms with Gasteiger partial charge in [0.2, 0.25) is 0 Å². The minimum Gasteiger partial charge on any atom is -0.379 e. The van der Waals surface area contributed by atoms with E-state index in [-0.39, 0.29) is 12.1 Å². The minimum absolute atomic E-state index is 0.0274. The molecule has 0 aromatic carbocycles. The van der Waals surface area contributed by atoms with Gasteiger partial charge in [-0.15, -0.1) is 0 Å². The van der Waals surface area contributed by atoms with Gasteiger partial charge < -0.3 is 9.64 Å². The summed E-state index contributed by atoms with van der Waals surface area (Å²) in [6, 6.07) is 0.0274. The Hall–Kier alpha value is -1.36. The summed E-state index contributed by atoms with van der Waals surface area (Å²) in [7, 11) is 3.62. The fourth-order valence-electron chi connectivity index (χ4n) is 2.24. The lowest BCUT2D eigenvalue weighted by atomic mass is 9.96. The van der Waals surface area contributed by atoms with E-state index in [2.05, 4.69) is 6.92 Å². The van der Waals surface area contributed by atoms with Crippen LogP contribution in [-0.2, 0) is 11.8 Å². The molecule has 1 fully saturated rings. The van der Waals surface area contributed by atoms with Gasteiger partial charge in [-0.3, -0.25) is 0 Å². The number of aromatic nitrogens is 2. The van der Waals surface area contributed by atoms with E-state index < -0.39 is 0 Å². The van der Waals surface area contributed by atoms with Crippen LogP contribution in [0.25, 0.3) is 0 Å². The van der Waals surface area contributed by atoms with Crippen molar-refractivity contribution in [1.82, 2.24) is 9.47 Å². The van der Waals surface area contributed by atoms with Gasteiger partial charge >= 0.3 is 6.03 Å². The van der Waals surface area contributed by atoms with E-state index in [0.29, 0.717) is 12.5 Å². The molecule has 2 unspecified atom stereocenters. The number of carbonyl (C=O) groups excluding carboxylic acids is 1. The van der Waals surface area contributed by atoms with Crippen molar-refractivity contribution in [2.24, 2.45) is 13.0 Å². The quantitative estimate of drug-likeness (QED) is 0.673. The lowest BCUT2D eigenvalue weighted by Gasteiger charge is -2.34. The summed E-state index contributed by atoms with van der Waals surface area (Å²) in [6.45, 7) is 3.66. The number of hydrogen-bond acceptors (Lipinski definition) is 2. The molecular formula is C12H20N3O2+.